The minimum absolute atomic E-state index is 0.302. The summed E-state index contributed by atoms with van der Waals surface area (Å²) in [6, 6.07) is 0. The summed E-state index contributed by atoms with van der Waals surface area (Å²) >= 11 is 0. The molecule has 1 aromatic rings. The summed E-state index contributed by atoms with van der Waals surface area (Å²) in [5.41, 5.74) is 6.82. The molecule has 0 atom stereocenters. The number of rotatable bonds is 0. The highest BCUT2D eigenvalue weighted by atomic mass is 16.6. The normalized spacial score (nSPS) is 15.6. The van der Waals surface area contributed by atoms with E-state index in [4.69, 9.17) is 10.5 Å². The lowest BCUT2D eigenvalue weighted by atomic mass is 10.2. The average molecular weight is 238 g/mol. The molecule has 1 aromatic heterocycles. The highest BCUT2D eigenvalue weighted by molar-refractivity contribution is 5.68. The minimum atomic E-state index is -0.472. The van der Waals surface area contributed by atoms with E-state index in [1.54, 1.807) is 11.1 Å². The topological polar surface area (TPSA) is 73.4 Å². The van der Waals surface area contributed by atoms with Crippen molar-refractivity contribution in [3.05, 3.63) is 11.9 Å². The Morgan fingerprint density at radius 1 is 1.47 bits per heavy atom. The van der Waals surface area contributed by atoms with E-state index in [0.717, 1.165) is 5.69 Å². The lowest BCUT2D eigenvalue weighted by Crippen LogP contribution is -2.41. The van der Waals surface area contributed by atoms with E-state index in [1.807, 2.05) is 25.5 Å². The Morgan fingerprint density at radius 3 is 2.82 bits per heavy atom. The highest BCUT2D eigenvalue weighted by Crippen LogP contribution is 2.20. The Bertz CT molecular complexity index is 433. The van der Waals surface area contributed by atoms with Crippen LogP contribution in [0.5, 0.6) is 0 Å². The largest absolute Gasteiger partial charge is 0.444 e. The minimum Gasteiger partial charge on any atom is -0.444 e. The summed E-state index contributed by atoms with van der Waals surface area (Å²) < 4.78 is 7.15. The third-order valence-corrected chi connectivity index (χ3v) is 2.56. The third kappa shape index (κ3) is 2.51. The maximum atomic E-state index is 11.9. The van der Waals surface area contributed by atoms with Crippen molar-refractivity contribution in [3.63, 3.8) is 0 Å². The van der Waals surface area contributed by atoms with E-state index in [2.05, 4.69) is 5.10 Å². The fourth-order valence-corrected chi connectivity index (χ4v) is 1.75. The van der Waals surface area contributed by atoms with Gasteiger partial charge in [0, 0.05) is 6.54 Å². The van der Waals surface area contributed by atoms with Crippen molar-refractivity contribution in [2.75, 3.05) is 12.3 Å². The van der Waals surface area contributed by atoms with Crippen molar-refractivity contribution in [2.24, 2.45) is 0 Å². The zero-order valence-corrected chi connectivity index (χ0v) is 10.4. The Morgan fingerprint density at radius 2 is 2.18 bits per heavy atom. The fraction of sp³-hybridized carbons (Fsp3) is 0.636. The van der Waals surface area contributed by atoms with Crippen molar-refractivity contribution in [1.29, 1.82) is 0 Å². The molecule has 1 aliphatic rings. The van der Waals surface area contributed by atoms with Gasteiger partial charge in [0.25, 0.3) is 0 Å². The van der Waals surface area contributed by atoms with Crippen molar-refractivity contribution >= 4 is 11.8 Å². The van der Waals surface area contributed by atoms with Crippen LogP contribution in [0, 0.1) is 0 Å². The molecule has 2 N–H and O–H groups in total. The lowest BCUT2D eigenvalue weighted by molar-refractivity contribution is 0.0195. The molecular formula is C11H18N4O2. The maximum absolute atomic E-state index is 11.9. The average Bonchev–Trinajstić information content (AvgIpc) is 2.57. The number of ether oxygens (including phenoxy) is 1. The van der Waals surface area contributed by atoms with Crippen LogP contribution in [0.3, 0.4) is 0 Å². The van der Waals surface area contributed by atoms with E-state index >= 15 is 0 Å². The molecule has 2 rings (SSSR count). The quantitative estimate of drug-likeness (QED) is 0.737. The van der Waals surface area contributed by atoms with Gasteiger partial charge in [-0.1, -0.05) is 0 Å². The second-order valence-electron chi connectivity index (χ2n) is 5.17. The fourth-order valence-electron chi connectivity index (χ4n) is 1.75. The van der Waals surface area contributed by atoms with Crippen LogP contribution >= 0.6 is 0 Å². The molecule has 6 nitrogen and oxygen atoms in total. The number of hydrogen-bond donors (Lipinski definition) is 1. The van der Waals surface area contributed by atoms with Crippen LogP contribution in [0.1, 0.15) is 26.5 Å². The van der Waals surface area contributed by atoms with Crippen LogP contribution in [-0.4, -0.2) is 32.9 Å². The molecule has 0 radical (unpaired) electrons. The van der Waals surface area contributed by atoms with Crippen LogP contribution in [0.25, 0.3) is 0 Å². The number of amides is 1. The Balaban J connectivity index is 2.07. The molecule has 0 spiro atoms. The van der Waals surface area contributed by atoms with Crippen LogP contribution < -0.4 is 5.73 Å². The number of carbonyl (C=O) groups excluding carboxylic acids is 1. The lowest BCUT2D eigenvalue weighted by Gasteiger charge is -2.30. The summed E-state index contributed by atoms with van der Waals surface area (Å²) in [4.78, 5) is 13.5. The van der Waals surface area contributed by atoms with Gasteiger partial charge in [-0.3, -0.25) is 4.68 Å². The summed E-state index contributed by atoms with van der Waals surface area (Å²) in [7, 11) is 0. The smallest absolute Gasteiger partial charge is 0.410 e. The van der Waals surface area contributed by atoms with Crippen molar-refractivity contribution in [1.82, 2.24) is 14.7 Å². The summed E-state index contributed by atoms with van der Waals surface area (Å²) in [5, 5.41) is 4.14. The van der Waals surface area contributed by atoms with E-state index in [0.29, 0.717) is 25.3 Å². The molecule has 0 saturated heterocycles. The van der Waals surface area contributed by atoms with Crippen molar-refractivity contribution in [3.8, 4) is 0 Å². The molecule has 94 valence electrons. The SMILES string of the molecule is CC(C)(C)OC(=O)N1CCn2ncc(N)c2C1. The van der Waals surface area contributed by atoms with Gasteiger partial charge in [0.05, 0.1) is 30.7 Å². The summed E-state index contributed by atoms with van der Waals surface area (Å²) in [6.45, 7) is 7.28. The van der Waals surface area contributed by atoms with Crippen molar-refractivity contribution < 1.29 is 9.53 Å². The number of nitrogens with two attached hydrogens (primary N) is 1. The van der Waals surface area contributed by atoms with E-state index in [-0.39, 0.29) is 6.09 Å². The van der Waals surface area contributed by atoms with Crippen LogP contribution in [0.4, 0.5) is 10.5 Å². The molecule has 2 heterocycles. The second kappa shape index (κ2) is 3.94. The third-order valence-electron chi connectivity index (χ3n) is 2.56. The van der Waals surface area contributed by atoms with E-state index in [1.165, 1.54) is 0 Å². The molecular weight excluding hydrogens is 220 g/mol. The Kier molecular flexibility index (Phi) is 2.73. The van der Waals surface area contributed by atoms with Gasteiger partial charge in [0.15, 0.2) is 0 Å². The first-order chi connectivity index (χ1) is 7.87. The van der Waals surface area contributed by atoms with Crippen LogP contribution in [0.2, 0.25) is 0 Å². The molecule has 0 bridgehead atoms. The molecule has 0 fully saturated rings. The molecule has 0 aromatic carbocycles. The van der Waals surface area contributed by atoms with Gasteiger partial charge in [-0.15, -0.1) is 0 Å². The Labute approximate surface area is 100 Å². The molecule has 1 aliphatic heterocycles. The standard InChI is InChI=1S/C11H18N4O2/c1-11(2,3)17-10(16)14-4-5-15-9(7-14)8(12)6-13-15/h6H,4-5,7,12H2,1-3H3. The van der Waals surface area contributed by atoms with E-state index in [9.17, 15) is 4.79 Å². The van der Waals surface area contributed by atoms with Crippen LogP contribution in [0.15, 0.2) is 6.20 Å². The van der Waals surface area contributed by atoms with Gasteiger partial charge in [0.2, 0.25) is 0 Å². The number of carbonyl (C=O) groups is 1. The maximum Gasteiger partial charge on any atom is 0.410 e. The Hall–Kier alpha value is -1.72. The number of aromatic nitrogens is 2. The van der Waals surface area contributed by atoms with Gasteiger partial charge in [-0.05, 0) is 20.8 Å². The predicted octanol–water partition coefficient (Wildman–Crippen LogP) is 1.22. The van der Waals surface area contributed by atoms with Gasteiger partial charge < -0.3 is 15.4 Å². The van der Waals surface area contributed by atoms with Crippen LogP contribution in [-0.2, 0) is 17.8 Å². The number of hydrogen-bond acceptors (Lipinski definition) is 4. The zero-order chi connectivity index (χ0) is 12.6. The molecule has 6 heteroatoms. The van der Waals surface area contributed by atoms with Gasteiger partial charge in [-0.2, -0.15) is 5.10 Å². The number of nitrogens with zero attached hydrogens (tertiary/aromatic N) is 3. The summed E-state index contributed by atoms with van der Waals surface area (Å²) in [5.74, 6) is 0. The van der Waals surface area contributed by atoms with Gasteiger partial charge in [-0.25, -0.2) is 4.79 Å². The second-order valence-corrected chi connectivity index (χ2v) is 5.17. The van der Waals surface area contributed by atoms with Gasteiger partial charge >= 0.3 is 6.09 Å². The first-order valence-electron chi connectivity index (χ1n) is 5.65. The number of nitrogen functional groups attached to an aromatic ring is 1. The molecule has 0 aliphatic carbocycles. The first kappa shape index (κ1) is 11.8. The monoisotopic (exact) mass is 238 g/mol. The molecule has 1 amide bonds. The molecule has 0 saturated carbocycles. The summed E-state index contributed by atoms with van der Waals surface area (Å²) in [6.07, 6.45) is 1.32. The number of fused-ring (bicyclic) bond motifs is 1. The highest BCUT2D eigenvalue weighted by Gasteiger charge is 2.27. The molecule has 17 heavy (non-hydrogen) atoms. The van der Waals surface area contributed by atoms with Crippen molar-refractivity contribution in [2.45, 2.75) is 39.5 Å². The molecule has 0 unspecified atom stereocenters. The predicted molar refractivity (Wildman–Crippen MR) is 63.3 cm³/mol. The van der Waals surface area contributed by atoms with E-state index < -0.39 is 5.60 Å². The van der Waals surface area contributed by atoms with Gasteiger partial charge in [0.1, 0.15) is 5.60 Å². The number of anilines is 1. The zero-order valence-electron chi connectivity index (χ0n) is 10.4. The first-order valence-corrected chi connectivity index (χ1v) is 5.65.